The Hall–Kier alpha value is -2.54. The first kappa shape index (κ1) is 14.1. The number of hydrogen-bond acceptors (Lipinski definition) is 5. The minimum atomic E-state index is 0.217. The number of fused-ring (bicyclic) bond motifs is 1. The van der Waals surface area contributed by atoms with Crippen molar-refractivity contribution < 1.29 is 9.47 Å². The van der Waals surface area contributed by atoms with E-state index in [1.165, 1.54) is 0 Å². The molecule has 0 amide bonds. The van der Waals surface area contributed by atoms with Gasteiger partial charge in [-0.05, 0) is 13.0 Å². The van der Waals surface area contributed by atoms with E-state index in [2.05, 4.69) is 15.3 Å². The standard InChI is InChI=1S/C15H14ClN5O2/c1-10-8-21(19-18-10)5-4-20-3-2-17-15(20)11-6-13-14(7-12(11)16)23-9-22-13/h2-3,6-8H,4-5,9H2,1H3. The Bertz CT molecular complexity index is 857. The molecular weight excluding hydrogens is 318 g/mol. The summed E-state index contributed by atoms with van der Waals surface area (Å²) >= 11 is 6.38. The largest absolute Gasteiger partial charge is 0.454 e. The number of benzene rings is 1. The highest BCUT2D eigenvalue weighted by Gasteiger charge is 2.19. The average Bonchev–Trinajstić information content (AvgIpc) is 3.24. The molecule has 3 aromatic rings. The number of nitrogens with zero attached hydrogens (tertiary/aromatic N) is 5. The maximum absolute atomic E-state index is 6.38. The molecule has 8 heteroatoms. The summed E-state index contributed by atoms with van der Waals surface area (Å²) in [6, 6.07) is 3.63. The fourth-order valence-corrected chi connectivity index (χ4v) is 2.78. The topological polar surface area (TPSA) is 67.0 Å². The lowest BCUT2D eigenvalue weighted by molar-refractivity contribution is 0.174. The van der Waals surface area contributed by atoms with Crippen molar-refractivity contribution in [3.8, 4) is 22.9 Å². The fraction of sp³-hybridized carbons (Fsp3) is 0.267. The lowest BCUT2D eigenvalue weighted by Gasteiger charge is -2.10. The number of imidazole rings is 1. The molecule has 0 radical (unpaired) electrons. The molecule has 0 spiro atoms. The quantitative estimate of drug-likeness (QED) is 0.735. The van der Waals surface area contributed by atoms with Gasteiger partial charge in [0.2, 0.25) is 6.79 Å². The Morgan fingerprint density at radius 3 is 2.83 bits per heavy atom. The molecular formula is C15H14ClN5O2. The molecule has 1 aliphatic heterocycles. The molecule has 23 heavy (non-hydrogen) atoms. The van der Waals surface area contributed by atoms with Crippen molar-refractivity contribution >= 4 is 11.6 Å². The van der Waals surface area contributed by atoms with Gasteiger partial charge in [-0.25, -0.2) is 4.98 Å². The Balaban J connectivity index is 1.62. The zero-order valence-corrected chi connectivity index (χ0v) is 13.2. The molecule has 4 rings (SSSR count). The number of aryl methyl sites for hydroxylation is 3. The van der Waals surface area contributed by atoms with Crippen LogP contribution in [0.2, 0.25) is 5.02 Å². The van der Waals surface area contributed by atoms with Crippen molar-refractivity contribution in [1.82, 2.24) is 24.5 Å². The van der Waals surface area contributed by atoms with Crippen LogP contribution in [0.1, 0.15) is 5.69 Å². The van der Waals surface area contributed by atoms with Crippen LogP contribution >= 0.6 is 11.6 Å². The second-order valence-electron chi connectivity index (χ2n) is 5.25. The summed E-state index contributed by atoms with van der Waals surface area (Å²) in [5.41, 5.74) is 1.71. The van der Waals surface area contributed by atoms with Crippen LogP contribution < -0.4 is 9.47 Å². The number of ether oxygens (including phenoxy) is 2. The van der Waals surface area contributed by atoms with Gasteiger partial charge in [-0.15, -0.1) is 5.10 Å². The minimum absolute atomic E-state index is 0.217. The lowest BCUT2D eigenvalue weighted by atomic mass is 10.2. The Morgan fingerprint density at radius 1 is 1.22 bits per heavy atom. The van der Waals surface area contributed by atoms with Crippen molar-refractivity contribution in [3.63, 3.8) is 0 Å². The molecule has 1 aliphatic rings. The van der Waals surface area contributed by atoms with Crippen LogP contribution in [-0.4, -0.2) is 31.3 Å². The fourth-order valence-electron chi connectivity index (χ4n) is 2.54. The van der Waals surface area contributed by atoms with Crippen LogP contribution in [0, 0.1) is 6.92 Å². The number of aromatic nitrogens is 5. The predicted molar refractivity (Wildman–Crippen MR) is 83.6 cm³/mol. The van der Waals surface area contributed by atoms with Gasteiger partial charge in [0.15, 0.2) is 11.5 Å². The van der Waals surface area contributed by atoms with Gasteiger partial charge in [-0.1, -0.05) is 16.8 Å². The summed E-state index contributed by atoms with van der Waals surface area (Å²) in [5, 5.41) is 8.62. The van der Waals surface area contributed by atoms with Crippen molar-refractivity contribution in [3.05, 3.63) is 41.4 Å². The highest BCUT2D eigenvalue weighted by atomic mass is 35.5. The monoisotopic (exact) mass is 331 g/mol. The second-order valence-corrected chi connectivity index (χ2v) is 5.66. The van der Waals surface area contributed by atoms with Gasteiger partial charge in [0, 0.05) is 36.8 Å². The van der Waals surface area contributed by atoms with Gasteiger partial charge in [0.1, 0.15) is 5.82 Å². The second kappa shape index (κ2) is 5.58. The van der Waals surface area contributed by atoms with E-state index in [0.717, 1.165) is 17.1 Å². The summed E-state index contributed by atoms with van der Waals surface area (Å²) in [6.45, 7) is 3.54. The molecule has 3 heterocycles. The SMILES string of the molecule is Cc1cn(CCn2ccnc2-c2cc3c(cc2Cl)OCO3)nn1. The average molecular weight is 332 g/mol. The highest BCUT2D eigenvalue weighted by molar-refractivity contribution is 6.33. The van der Waals surface area contributed by atoms with E-state index < -0.39 is 0 Å². The molecule has 0 saturated carbocycles. The van der Waals surface area contributed by atoms with E-state index in [4.69, 9.17) is 21.1 Å². The van der Waals surface area contributed by atoms with Crippen molar-refractivity contribution in [2.45, 2.75) is 20.0 Å². The normalized spacial score (nSPS) is 12.8. The van der Waals surface area contributed by atoms with E-state index in [-0.39, 0.29) is 6.79 Å². The van der Waals surface area contributed by atoms with Gasteiger partial charge in [-0.3, -0.25) is 4.68 Å². The summed E-state index contributed by atoms with van der Waals surface area (Å²) in [6.07, 6.45) is 5.58. The van der Waals surface area contributed by atoms with E-state index in [0.29, 0.717) is 29.6 Å². The van der Waals surface area contributed by atoms with Crippen molar-refractivity contribution in [2.75, 3.05) is 6.79 Å². The molecule has 0 N–H and O–H groups in total. The summed E-state index contributed by atoms with van der Waals surface area (Å²) < 4.78 is 14.6. The Morgan fingerprint density at radius 2 is 2.04 bits per heavy atom. The summed E-state index contributed by atoms with van der Waals surface area (Å²) in [7, 11) is 0. The molecule has 0 saturated heterocycles. The third-order valence-corrected chi connectivity index (χ3v) is 3.95. The Labute approximate surface area is 137 Å². The highest BCUT2D eigenvalue weighted by Crippen LogP contribution is 2.40. The van der Waals surface area contributed by atoms with Gasteiger partial charge >= 0.3 is 0 Å². The molecule has 2 aromatic heterocycles. The molecule has 0 aliphatic carbocycles. The van der Waals surface area contributed by atoms with Crippen molar-refractivity contribution in [2.24, 2.45) is 0 Å². The third-order valence-electron chi connectivity index (χ3n) is 3.64. The van der Waals surface area contributed by atoms with Crippen LogP contribution in [0.15, 0.2) is 30.7 Å². The molecule has 7 nitrogen and oxygen atoms in total. The van der Waals surface area contributed by atoms with Crippen LogP contribution in [0.25, 0.3) is 11.4 Å². The smallest absolute Gasteiger partial charge is 0.231 e. The summed E-state index contributed by atoms with van der Waals surface area (Å²) in [4.78, 5) is 4.43. The molecule has 118 valence electrons. The number of rotatable bonds is 4. The minimum Gasteiger partial charge on any atom is -0.454 e. The van der Waals surface area contributed by atoms with Crippen LogP contribution in [0.3, 0.4) is 0 Å². The first-order valence-electron chi connectivity index (χ1n) is 7.18. The van der Waals surface area contributed by atoms with E-state index >= 15 is 0 Å². The van der Waals surface area contributed by atoms with E-state index in [1.54, 1.807) is 16.9 Å². The van der Waals surface area contributed by atoms with E-state index in [1.807, 2.05) is 30.0 Å². The van der Waals surface area contributed by atoms with Crippen molar-refractivity contribution in [1.29, 1.82) is 0 Å². The number of hydrogen-bond donors (Lipinski definition) is 0. The number of halogens is 1. The van der Waals surface area contributed by atoms with Gasteiger partial charge in [0.05, 0.1) is 17.3 Å². The first-order chi connectivity index (χ1) is 11.2. The van der Waals surface area contributed by atoms with Gasteiger partial charge in [0.25, 0.3) is 0 Å². The third kappa shape index (κ3) is 2.63. The van der Waals surface area contributed by atoms with Crippen LogP contribution in [0.4, 0.5) is 0 Å². The summed E-state index contributed by atoms with van der Waals surface area (Å²) in [5.74, 6) is 2.13. The molecule has 0 bridgehead atoms. The van der Waals surface area contributed by atoms with E-state index in [9.17, 15) is 0 Å². The molecule has 1 aromatic carbocycles. The molecule has 0 unspecified atom stereocenters. The maximum atomic E-state index is 6.38. The lowest BCUT2D eigenvalue weighted by Crippen LogP contribution is -2.08. The van der Waals surface area contributed by atoms with Gasteiger partial charge in [-0.2, -0.15) is 0 Å². The first-order valence-corrected chi connectivity index (χ1v) is 7.56. The molecule has 0 fully saturated rings. The Kier molecular flexibility index (Phi) is 3.42. The van der Waals surface area contributed by atoms with Crippen LogP contribution in [0.5, 0.6) is 11.5 Å². The predicted octanol–water partition coefficient (Wildman–Crippen LogP) is 2.53. The molecule has 0 atom stereocenters. The van der Waals surface area contributed by atoms with Gasteiger partial charge < -0.3 is 14.0 Å². The zero-order chi connectivity index (χ0) is 15.8. The van der Waals surface area contributed by atoms with Crippen LogP contribution in [-0.2, 0) is 13.1 Å². The zero-order valence-electron chi connectivity index (χ0n) is 12.4. The maximum Gasteiger partial charge on any atom is 0.231 e.